The summed E-state index contributed by atoms with van der Waals surface area (Å²) < 4.78 is 2.41. The Labute approximate surface area is 201 Å². The number of hydrogen-bond donors (Lipinski definition) is 2. The summed E-state index contributed by atoms with van der Waals surface area (Å²) in [7, 11) is 0. The lowest BCUT2D eigenvalue weighted by Crippen LogP contribution is -2.42. The predicted molar refractivity (Wildman–Crippen MR) is 137 cm³/mol. The first-order valence-corrected chi connectivity index (χ1v) is 13.3. The van der Waals surface area contributed by atoms with Gasteiger partial charge in [0.25, 0.3) is 0 Å². The molecule has 0 spiro atoms. The third-order valence-electron chi connectivity index (χ3n) is 5.84. The van der Waals surface area contributed by atoms with Crippen LogP contribution in [0.3, 0.4) is 0 Å². The van der Waals surface area contributed by atoms with Gasteiger partial charge in [-0.3, -0.25) is 4.99 Å². The number of aliphatic imine (C=N–C) groups is 1. The largest absolute Gasteiger partial charge is 0.357 e. The molecule has 1 aromatic heterocycles. The van der Waals surface area contributed by atoms with Crippen LogP contribution in [0.2, 0.25) is 0 Å². The van der Waals surface area contributed by atoms with E-state index in [9.17, 15) is 0 Å². The van der Waals surface area contributed by atoms with Gasteiger partial charge in [-0.1, -0.05) is 24.6 Å². The van der Waals surface area contributed by atoms with E-state index in [0.717, 1.165) is 48.1 Å². The number of halogens is 1. The zero-order chi connectivity index (χ0) is 19.8. The summed E-state index contributed by atoms with van der Waals surface area (Å²) in [5.41, 5.74) is 0. The highest BCUT2D eigenvalue weighted by Crippen LogP contribution is 2.33. The maximum absolute atomic E-state index is 4.82. The summed E-state index contributed by atoms with van der Waals surface area (Å²) in [5.74, 6) is 2.11. The minimum atomic E-state index is 0. The summed E-state index contributed by atoms with van der Waals surface area (Å²) in [6.45, 7) is 3.85. The summed E-state index contributed by atoms with van der Waals surface area (Å²) in [6, 6.07) is 1.16. The first-order chi connectivity index (χ1) is 13.7. The summed E-state index contributed by atoms with van der Waals surface area (Å²) in [5, 5.41) is 17.8. The van der Waals surface area contributed by atoms with Crippen LogP contribution in [0.4, 0.5) is 0 Å². The van der Waals surface area contributed by atoms with Crippen molar-refractivity contribution in [3.8, 4) is 0 Å². The van der Waals surface area contributed by atoms with Gasteiger partial charge in [-0.2, -0.15) is 11.8 Å². The highest BCUT2D eigenvalue weighted by molar-refractivity contribution is 14.0. The van der Waals surface area contributed by atoms with Crippen molar-refractivity contribution in [3.63, 3.8) is 0 Å². The molecular weight excluding hydrogens is 515 g/mol. The monoisotopic (exact) mass is 552 g/mol. The fourth-order valence-electron chi connectivity index (χ4n) is 4.37. The smallest absolute Gasteiger partial charge is 0.191 e. The number of thioether (sulfide) groups is 2. The predicted octanol–water partition coefficient (Wildman–Crippen LogP) is 4.50. The Balaban J connectivity index is 0.00000300. The van der Waals surface area contributed by atoms with Crippen LogP contribution in [0.1, 0.15) is 70.2 Å². The first kappa shape index (κ1) is 25.1. The third-order valence-corrected chi connectivity index (χ3v) is 7.58. The number of guanidine groups is 1. The van der Waals surface area contributed by atoms with Crippen molar-refractivity contribution >= 4 is 53.5 Å². The van der Waals surface area contributed by atoms with Crippen LogP contribution in [0.15, 0.2) is 10.1 Å². The van der Waals surface area contributed by atoms with E-state index < -0.39 is 0 Å². The van der Waals surface area contributed by atoms with Crippen molar-refractivity contribution in [2.45, 2.75) is 87.2 Å². The highest BCUT2D eigenvalue weighted by Gasteiger charge is 2.25. The molecule has 2 saturated carbocycles. The number of rotatable bonds is 9. The maximum atomic E-state index is 4.82. The molecule has 0 radical (unpaired) electrons. The van der Waals surface area contributed by atoms with E-state index in [1.54, 1.807) is 11.8 Å². The molecule has 0 aliphatic heterocycles. The fraction of sp³-hybridized carbons (Fsp3) is 0.850. The Bertz CT molecular complexity index is 632. The minimum absolute atomic E-state index is 0. The second-order valence-corrected chi connectivity index (χ2v) is 9.70. The second kappa shape index (κ2) is 13.3. The Morgan fingerprint density at radius 2 is 1.97 bits per heavy atom. The van der Waals surface area contributed by atoms with Crippen LogP contribution in [-0.4, -0.2) is 57.6 Å². The van der Waals surface area contributed by atoms with E-state index in [-0.39, 0.29) is 24.0 Å². The molecule has 2 aliphatic rings. The summed E-state index contributed by atoms with van der Waals surface area (Å²) in [6.07, 6.45) is 15.3. The van der Waals surface area contributed by atoms with Crippen molar-refractivity contribution < 1.29 is 0 Å². The van der Waals surface area contributed by atoms with E-state index in [2.05, 4.69) is 44.8 Å². The van der Waals surface area contributed by atoms with Gasteiger partial charge in [-0.15, -0.1) is 34.2 Å². The topological polar surface area (TPSA) is 67.1 Å². The highest BCUT2D eigenvalue weighted by atomic mass is 127. The molecule has 2 unspecified atom stereocenters. The molecule has 0 bridgehead atoms. The summed E-state index contributed by atoms with van der Waals surface area (Å²) in [4.78, 5) is 4.82. The lowest BCUT2D eigenvalue weighted by atomic mass is 10.2. The molecule has 2 fully saturated rings. The first-order valence-electron chi connectivity index (χ1n) is 10.8. The molecule has 0 saturated heterocycles. The molecular formula is C20H37IN6S2. The van der Waals surface area contributed by atoms with Crippen molar-refractivity contribution in [1.82, 2.24) is 25.4 Å². The quantitative estimate of drug-likeness (QED) is 0.155. The average molecular weight is 553 g/mol. The average Bonchev–Trinajstić information content (AvgIpc) is 3.45. The van der Waals surface area contributed by atoms with Crippen LogP contribution in [0.25, 0.3) is 0 Å². The van der Waals surface area contributed by atoms with Gasteiger partial charge in [0, 0.05) is 36.8 Å². The van der Waals surface area contributed by atoms with E-state index >= 15 is 0 Å². The molecule has 1 aromatic rings. The van der Waals surface area contributed by atoms with Crippen LogP contribution in [0.5, 0.6) is 0 Å². The zero-order valence-electron chi connectivity index (χ0n) is 18.0. The number of hydrogen-bond acceptors (Lipinski definition) is 5. The molecule has 166 valence electrons. The number of nitrogens with one attached hydrogen (secondary N) is 2. The lowest BCUT2D eigenvalue weighted by Gasteiger charge is -2.17. The Kier molecular flexibility index (Phi) is 11.5. The molecule has 0 aromatic carbocycles. The molecule has 2 aliphatic carbocycles. The zero-order valence-corrected chi connectivity index (χ0v) is 22.0. The Morgan fingerprint density at radius 1 is 1.17 bits per heavy atom. The third kappa shape index (κ3) is 7.19. The van der Waals surface area contributed by atoms with E-state index in [4.69, 9.17) is 4.99 Å². The van der Waals surface area contributed by atoms with Crippen molar-refractivity contribution in [3.05, 3.63) is 5.82 Å². The van der Waals surface area contributed by atoms with Gasteiger partial charge in [-0.25, -0.2) is 0 Å². The van der Waals surface area contributed by atoms with E-state index in [0.29, 0.717) is 12.1 Å². The van der Waals surface area contributed by atoms with E-state index in [1.807, 2.05) is 11.8 Å². The molecule has 3 rings (SSSR count). The lowest BCUT2D eigenvalue weighted by molar-refractivity contribution is 0.461. The van der Waals surface area contributed by atoms with E-state index in [1.165, 1.54) is 44.9 Å². The van der Waals surface area contributed by atoms with Crippen LogP contribution < -0.4 is 10.6 Å². The molecule has 0 amide bonds. The molecule has 1 heterocycles. The number of aromatic nitrogens is 3. The van der Waals surface area contributed by atoms with Gasteiger partial charge in [0.05, 0.1) is 0 Å². The van der Waals surface area contributed by atoms with Gasteiger partial charge in [0.15, 0.2) is 11.1 Å². The molecule has 2 atom stereocenters. The SMILES string of the molecule is CCNC(=NCCCc1nnc(SC)n1C1CCCC1)NC1CCC(SC)C1.I. The van der Waals surface area contributed by atoms with Crippen molar-refractivity contribution in [1.29, 1.82) is 0 Å². The van der Waals surface area contributed by atoms with Crippen molar-refractivity contribution in [2.75, 3.05) is 25.6 Å². The number of aryl methyl sites for hydroxylation is 1. The number of nitrogens with zero attached hydrogens (tertiary/aromatic N) is 4. The Hall–Kier alpha value is -0.160. The molecule has 29 heavy (non-hydrogen) atoms. The van der Waals surface area contributed by atoms with Gasteiger partial charge < -0.3 is 15.2 Å². The van der Waals surface area contributed by atoms with Gasteiger partial charge in [-0.05, 0) is 58.0 Å². The van der Waals surface area contributed by atoms with Gasteiger partial charge in [0.1, 0.15) is 5.82 Å². The van der Waals surface area contributed by atoms with Crippen LogP contribution in [-0.2, 0) is 6.42 Å². The van der Waals surface area contributed by atoms with Gasteiger partial charge >= 0.3 is 0 Å². The maximum Gasteiger partial charge on any atom is 0.191 e. The van der Waals surface area contributed by atoms with Gasteiger partial charge in [0.2, 0.25) is 0 Å². The Morgan fingerprint density at radius 3 is 2.62 bits per heavy atom. The van der Waals surface area contributed by atoms with Crippen LogP contribution >= 0.6 is 47.5 Å². The fourth-order valence-corrected chi connectivity index (χ4v) is 5.74. The standard InChI is InChI=1S/C20H36N6S2.HI/c1-4-21-19(23-15-11-12-17(14-15)27-2)22-13-7-10-18-24-25-20(28-3)26(18)16-8-5-6-9-16;/h15-17H,4-14H2,1-3H3,(H2,21,22,23);1H. The minimum Gasteiger partial charge on any atom is -0.357 e. The van der Waals surface area contributed by atoms with Crippen molar-refractivity contribution in [2.24, 2.45) is 4.99 Å². The molecule has 6 nitrogen and oxygen atoms in total. The van der Waals surface area contributed by atoms with Crippen LogP contribution in [0, 0.1) is 0 Å². The molecule has 2 N–H and O–H groups in total. The second-order valence-electron chi connectivity index (χ2n) is 7.79. The normalized spacial score (nSPS) is 22.7. The molecule has 9 heteroatoms. The summed E-state index contributed by atoms with van der Waals surface area (Å²) >= 11 is 3.71.